The molecule has 0 aliphatic rings. The van der Waals surface area contributed by atoms with Crippen LogP contribution in [-0.2, 0) is 6.18 Å². The van der Waals surface area contributed by atoms with Gasteiger partial charge in [-0.3, -0.25) is 4.79 Å². The van der Waals surface area contributed by atoms with Crippen molar-refractivity contribution >= 4 is 11.8 Å². The lowest BCUT2D eigenvalue weighted by molar-refractivity contribution is -0.137. The second-order valence-corrected chi connectivity index (χ2v) is 4.62. The minimum Gasteiger partial charge on any atom is -0.423 e. The summed E-state index contributed by atoms with van der Waals surface area (Å²) in [5, 5.41) is 0. The summed E-state index contributed by atoms with van der Waals surface area (Å²) in [4.78, 5) is 23.2. The van der Waals surface area contributed by atoms with Crippen LogP contribution in [0.5, 0.6) is 5.75 Å². The van der Waals surface area contributed by atoms with E-state index in [4.69, 9.17) is 10.5 Å². The predicted molar refractivity (Wildman–Crippen MR) is 76.2 cm³/mol. The minimum absolute atomic E-state index is 0.0138. The van der Waals surface area contributed by atoms with Crippen LogP contribution < -0.4 is 10.5 Å². The summed E-state index contributed by atoms with van der Waals surface area (Å²) < 4.78 is 42.4. The van der Waals surface area contributed by atoms with Gasteiger partial charge < -0.3 is 10.5 Å². The van der Waals surface area contributed by atoms with Gasteiger partial charge in [-0.15, -0.1) is 0 Å². The van der Waals surface area contributed by atoms with Gasteiger partial charge in [-0.05, 0) is 48.5 Å². The molecule has 0 bridgehead atoms. The fourth-order valence-corrected chi connectivity index (χ4v) is 1.79. The maximum atomic E-state index is 12.4. The van der Waals surface area contributed by atoms with Crippen LogP contribution in [0.25, 0.3) is 0 Å². The molecule has 0 radical (unpaired) electrons. The first kappa shape index (κ1) is 16.7. The molecule has 0 aromatic heterocycles. The predicted octanol–water partition coefficient (Wildman–Crippen LogP) is 3.07. The second-order valence-electron chi connectivity index (χ2n) is 4.62. The monoisotopic (exact) mass is 323 g/mol. The van der Waals surface area contributed by atoms with Crippen LogP contribution in [0, 0.1) is 0 Å². The highest BCUT2D eigenvalue weighted by Crippen LogP contribution is 2.29. The molecule has 0 aliphatic heterocycles. The highest BCUT2D eigenvalue weighted by Gasteiger charge is 2.30. The molecule has 0 amide bonds. The first-order valence-electron chi connectivity index (χ1n) is 6.54. The number of ketones is 1. The molecule has 0 saturated carbocycles. The highest BCUT2D eigenvalue weighted by molar-refractivity contribution is 5.97. The van der Waals surface area contributed by atoms with Crippen molar-refractivity contribution in [1.29, 1.82) is 0 Å². The molecule has 0 aliphatic carbocycles. The number of nitrogens with two attached hydrogens (primary N) is 1. The van der Waals surface area contributed by atoms with Crippen molar-refractivity contribution in [2.45, 2.75) is 6.18 Å². The van der Waals surface area contributed by atoms with Gasteiger partial charge in [0.05, 0.1) is 17.7 Å². The second kappa shape index (κ2) is 6.62. The summed E-state index contributed by atoms with van der Waals surface area (Å²) in [5.74, 6) is -0.884. The number of esters is 1. The van der Waals surface area contributed by atoms with Crippen molar-refractivity contribution in [3.05, 3.63) is 65.2 Å². The van der Waals surface area contributed by atoms with E-state index in [2.05, 4.69) is 0 Å². The topological polar surface area (TPSA) is 69.4 Å². The van der Waals surface area contributed by atoms with Crippen LogP contribution in [0.3, 0.4) is 0 Å². The van der Waals surface area contributed by atoms with E-state index in [0.717, 1.165) is 24.3 Å². The molecular weight excluding hydrogens is 311 g/mol. The summed E-state index contributed by atoms with van der Waals surface area (Å²) >= 11 is 0. The zero-order valence-corrected chi connectivity index (χ0v) is 11.8. The van der Waals surface area contributed by atoms with E-state index < -0.39 is 17.7 Å². The van der Waals surface area contributed by atoms with Crippen molar-refractivity contribution in [2.24, 2.45) is 5.73 Å². The molecule has 0 spiro atoms. The maximum Gasteiger partial charge on any atom is 0.416 e. The average molecular weight is 323 g/mol. The number of hydrogen-bond donors (Lipinski definition) is 1. The average Bonchev–Trinajstić information content (AvgIpc) is 2.54. The Bertz CT molecular complexity index is 707. The van der Waals surface area contributed by atoms with E-state index in [1.165, 1.54) is 24.3 Å². The summed E-state index contributed by atoms with van der Waals surface area (Å²) in [5.41, 5.74) is 4.74. The third-order valence-corrected chi connectivity index (χ3v) is 3.02. The van der Waals surface area contributed by atoms with Gasteiger partial charge in [0.25, 0.3) is 0 Å². The van der Waals surface area contributed by atoms with Crippen LogP contribution in [-0.4, -0.2) is 18.3 Å². The molecule has 23 heavy (non-hydrogen) atoms. The van der Waals surface area contributed by atoms with Crippen LogP contribution in [0.2, 0.25) is 0 Å². The number of alkyl halides is 3. The van der Waals surface area contributed by atoms with Gasteiger partial charge in [0, 0.05) is 5.56 Å². The van der Waals surface area contributed by atoms with E-state index in [-0.39, 0.29) is 23.6 Å². The van der Waals surface area contributed by atoms with E-state index in [1.54, 1.807) is 0 Å². The Labute approximate surface area is 129 Å². The third kappa shape index (κ3) is 4.17. The molecule has 7 heteroatoms. The molecule has 2 aromatic rings. The first-order chi connectivity index (χ1) is 10.8. The van der Waals surface area contributed by atoms with Gasteiger partial charge in [0.2, 0.25) is 0 Å². The van der Waals surface area contributed by atoms with Gasteiger partial charge >= 0.3 is 12.1 Å². The van der Waals surface area contributed by atoms with Crippen molar-refractivity contribution in [3.8, 4) is 5.75 Å². The molecule has 0 fully saturated rings. The standard InChI is InChI=1S/C16H12F3NO3/c17-16(18,19)12-5-1-11(2-6-12)15(22)23-13-7-3-10(4-8-13)14(21)9-20/h1-8H,9,20H2. The maximum absolute atomic E-state index is 12.4. The molecule has 2 N–H and O–H groups in total. The van der Waals surface area contributed by atoms with E-state index in [9.17, 15) is 22.8 Å². The lowest BCUT2D eigenvalue weighted by Crippen LogP contribution is -2.13. The Kier molecular flexibility index (Phi) is 4.80. The van der Waals surface area contributed by atoms with Gasteiger partial charge in [0.15, 0.2) is 5.78 Å². The molecule has 4 nitrogen and oxygen atoms in total. The number of benzene rings is 2. The minimum atomic E-state index is -4.46. The van der Waals surface area contributed by atoms with Crippen molar-refractivity contribution < 1.29 is 27.5 Å². The van der Waals surface area contributed by atoms with Crippen molar-refractivity contribution in [1.82, 2.24) is 0 Å². The molecular formula is C16H12F3NO3. The fourth-order valence-electron chi connectivity index (χ4n) is 1.79. The van der Waals surface area contributed by atoms with Crippen LogP contribution in [0.15, 0.2) is 48.5 Å². The lowest BCUT2D eigenvalue weighted by atomic mass is 10.1. The number of rotatable bonds is 4. The largest absolute Gasteiger partial charge is 0.423 e. The SMILES string of the molecule is NCC(=O)c1ccc(OC(=O)c2ccc(C(F)(F)F)cc2)cc1. The summed E-state index contributed by atoms with van der Waals surface area (Å²) in [7, 11) is 0. The Morgan fingerprint density at radius 3 is 1.91 bits per heavy atom. The van der Waals surface area contributed by atoms with Gasteiger partial charge in [-0.25, -0.2) is 4.79 Å². The first-order valence-corrected chi connectivity index (χ1v) is 6.54. The Morgan fingerprint density at radius 2 is 1.43 bits per heavy atom. The third-order valence-electron chi connectivity index (χ3n) is 3.02. The molecule has 2 aromatic carbocycles. The number of halogens is 3. The molecule has 0 unspecified atom stereocenters. The van der Waals surface area contributed by atoms with E-state index >= 15 is 0 Å². The van der Waals surface area contributed by atoms with E-state index in [1.807, 2.05) is 0 Å². The molecule has 0 saturated heterocycles. The summed E-state index contributed by atoms with van der Waals surface area (Å²) in [6, 6.07) is 9.40. The molecule has 2 rings (SSSR count). The van der Waals surface area contributed by atoms with Crippen molar-refractivity contribution in [3.63, 3.8) is 0 Å². The zero-order chi connectivity index (χ0) is 17.0. The molecule has 120 valence electrons. The number of ether oxygens (including phenoxy) is 1. The van der Waals surface area contributed by atoms with Gasteiger partial charge in [-0.1, -0.05) is 0 Å². The summed E-state index contributed by atoms with van der Waals surface area (Å²) in [6.07, 6.45) is -4.46. The van der Waals surface area contributed by atoms with Crippen molar-refractivity contribution in [2.75, 3.05) is 6.54 Å². The number of Topliss-reactive ketones (excluding diaryl/α,β-unsaturated/α-hetero) is 1. The quantitative estimate of drug-likeness (QED) is 0.533. The van der Waals surface area contributed by atoms with Gasteiger partial charge in [0.1, 0.15) is 5.75 Å². The lowest BCUT2D eigenvalue weighted by Gasteiger charge is -2.08. The number of hydrogen-bond acceptors (Lipinski definition) is 4. The smallest absolute Gasteiger partial charge is 0.416 e. The Hall–Kier alpha value is -2.67. The molecule has 0 heterocycles. The number of carbonyl (C=O) groups excluding carboxylic acids is 2. The Morgan fingerprint density at radius 1 is 0.913 bits per heavy atom. The normalized spacial score (nSPS) is 11.1. The van der Waals surface area contributed by atoms with Crippen LogP contribution >= 0.6 is 0 Å². The van der Waals surface area contributed by atoms with Crippen LogP contribution in [0.1, 0.15) is 26.3 Å². The van der Waals surface area contributed by atoms with Crippen LogP contribution in [0.4, 0.5) is 13.2 Å². The fraction of sp³-hybridized carbons (Fsp3) is 0.125. The molecule has 0 atom stereocenters. The number of carbonyl (C=O) groups is 2. The van der Waals surface area contributed by atoms with E-state index in [0.29, 0.717) is 5.56 Å². The van der Waals surface area contributed by atoms with Gasteiger partial charge in [-0.2, -0.15) is 13.2 Å². The summed E-state index contributed by atoms with van der Waals surface area (Å²) in [6.45, 7) is -0.134. The Balaban J connectivity index is 2.08. The zero-order valence-electron chi connectivity index (χ0n) is 11.8. The highest BCUT2D eigenvalue weighted by atomic mass is 19.4.